The molecule has 106 valence electrons. The van der Waals surface area contributed by atoms with Crippen molar-refractivity contribution in [3.8, 4) is 5.75 Å². The Labute approximate surface area is 116 Å². The van der Waals surface area contributed by atoms with Crippen molar-refractivity contribution >= 4 is 0 Å². The van der Waals surface area contributed by atoms with Crippen molar-refractivity contribution < 1.29 is 4.74 Å². The standard InChI is InChI=1S/C16H26N2O/c1-3-14(4-2)18(10-9-17)12-15-11-13-7-5-6-8-16(13)19-15/h5-8,14-15H,3-4,9-12,17H2,1-2H3. The minimum absolute atomic E-state index is 0.282. The van der Waals surface area contributed by atoms with Crippen LogP contribution >= 0.6 is 0 Å². The molecule has 0 fully saturated rings. The first kappa shape index (κ1) is 14.4. The van der Waals surface area contributed by atoms with Gasteiger partial charge in [-0.25, -0.2) is 0 Å². The van der Waals surface area contributed by atoms with Gasteiger partial charge < -0.3 is 10.5 Å². The predicted molar refractivity (Wildman–Crippen MR) is 79.6 cm³/mol. The van der Waals surface area contributed by atoms with Crippen LogP contribution in [0.4, 0.5) is 0 Å². The van der Waals surface area contributed by atoms with Crippen LogP contribution in [0.25, 0.3) is 0 Å². The first-order valence-corrected chi connectivity index (χ1v) is 7.47. The summed E-state index contributed by atoms with van der Waals surface area (Å²) in [5.74, 6) is 1.06. The lowest BCUT2D eigenvalue weighted by Crippen LogP contribution is -2.44. The maximum atomic E-state index is 6.04. The van der Waals surface area contributed by atoms with E-state index in [1.807, 2.05) is 6.07 Å². The maximum absolute atomic E-state index is 6.04. The summed E-state index contributed by atoms with van der Waals surface area (Å²) in [5.41, 5.74) is 7.09. The highest BCUT2D eigenvalue weighted by atomic mass is 16.5. The molecule has 0 amide bonds. The highest BCUT2D eigenvalue weighted by Crippen LogP contribution is 2.28. The normalized spacial score (nSPS) is 17.8. The summed E-state index contributed by atoms with van der Waals surface area (Å²) >= 11 is 0. The number of hydrogen-bond acceptors (Lipinski definition) is 3. The molecule has 2 N–H and O–H groups in total. The maximum Gasteiger partial charge on any atom is 0.123 e. The summed E-state index contributed by atoms with van der Waals surface area (Å²) in [4.78, 5) is 2.50. The fourth-order valence-corrected chi connectivity index (χ4v) is 3.01. The number of nitrogens with two attached hydrogens (primary N) is 1. The van der Waals surface area contributed by atoms with E-state index >= 15 is 0 Å². The smallest absolute Gasteiger partial charge is 0.123 e. The molecule has 3 nitrogen and oxygen atoms in total. The van der Waals surface area contributed by atoms with Gasteiger partial charge in [-0.1, -0.05) is 32.0 Å². The van der Waals surface area contributed by atoms with E-state index in [2.05, 4.69) is 36.9 Å². The molecular formula is C16H26N2O. The minimum Gasteiger partial charge on any atom is -0.488 e. The van der Waals surface area contributed by atoms with E-state index in [9.17, 15) is 0 Å². The fourth-order valence-electron chi connectivity index (χ4n) is 3.01. The van der Waals surface area contributed by atoms with Gasteiger partial charge in [0.15, 0.2) is 0 Å². The molecule has 0 saturated carbocycles. The zero-order chi connectivity index (χ0) is 13.7. The number of fused-ring (bicyclic) bond motifs is 1. The average molecular weight is 262 g/mol. The monoisotopic (exact) mass is 262 g/mol. The highest BCUT2D eigenvalue weighted by molar-refractivity contribution is 5.37. The molecule has 0 saturated heterocycles. The van der Waals surface area contributed by atoms with Gasteiger partial charge in [0, 0.05) is 32.1 Å². The average Bonchev–Trinajstić information content (AvgIpc) is 2.82. The largest absolute Gasteiger partial charge is 0.488 e. The van der Waals surface area contributed by atoms with Gasteiger partial charge in [0.25, 0.3) is 0 Å². The van der Waals surface area contributed by atoms with Crippen LogP contribution in [0.3, 0.4) is 0 Å². The zero-order valence-corrected chi connectivity index (χ0v) is 12.1. The van der Waals surface area contributed by atoms with Crippen molar-refractivity contribution in [2.45, 2.75) is 45.3 Å². The van der Waals surface area contributed by atoms with Gasteiger partial charge in [0.2, 0.25) is 0 Å². The number of hydrogen-bond donors (Lipinski definition) is 1. The molecule has 1 aromatic rings. The number of nitrogens with zero attached hydrogens (tertiary/aromatic N) is 1. The van der Waals surface area contributed by atoms with Crippen molar-refractivity contribution in [3.63, 3.8) is 0 Å². The Morgan fingerprint density at radius 2 is 2.05 bits per heavy atom. The van der Waals surface area contributed by atoms with E-state index in [1.165, 1.54) is 18.4 Å². The summed E-state index contributed by atoms with van der Waals surface area (Å²) < 4.78 is 6.04. The van der Waals surface area contributed by atoms with Crippen LogP contribution in [0.1, 0.15) is 32.3 Å². The second-order valence-electron chi connectivity index (χ2n) is 5.31. The molecule has 1 aromatic carbocycles. The SMILES string of the molecule is CCC(CC)N(CCN)CC1Cc2ccccc2O1. The second kappa shape index (κ2) is 6.92. The Morgan fingerprint density at radius 3 is 2.68 bits per heavy atom. The third-order valence-corrected chi connectivity index (χ3v) is 4.03. The van der Waals surface area contributed by atoms with E-state index < -0.39 is 0 Å². The molecule has 3 heteroatoms. The van der Waals surface area contributed by atoms with Crippen molar-refractivity contribution in [1.82, 2.24) is 4.90 Å². The second-order valence-corrected chi connectivity index (χ2v) is 5.31. The van der Waals surface area contributed by atoms with Crippen LogP contribution in [0, 0.1) is 0 Å². The van der Waals surface area contributed by atoms with Gasteiger partial charge in [0.05, 0.1) is 0 Å². The molecule has 19 heavy (non-hydrogen) atoms. The Balaban J connectivity index is 1.96. The Kier molecular flexibility index (Phi) is 5.23. The van der Waals surface area contributed by atoms with Gasteiger partial charge in [-0.3, -0.25) is 4.90 Å². The fraction of sp³-hybridized carbons (Fsp3) is 0.625. The van der Waals surface area contributed by atoms with Crippen LogP contribution < -0.4 is 10.5 Å². The van der Waals surface area contributed by atoms with Crippen molar-refractivity contribution in [1.29, 1.82) is 0 Å². The number of para-hydroxylation sites is 1. The molecule has 0 aliphatic carbocycles. The van der Waals surface area contributed by atoms with E-state index in [-0.39, 0.29) is 6.10 Å². The van der Waals surface area contributed by atoms with E-state index in [1.54, 1.807) is 0 Å². The summed E-state index contributed by atoms with van der Waals surface area (Å²) in [6, 6.07) is 8.98. The topological polar surface area (TPSA) is 38.5 Å². The Morgan fingerprint density at radius 1 is 1.32 bits per heavy atom. The first-order valence-electron chi connectivity index (χ1n) is 7.47. The van der Waals surface area contributed by atoms with Crippen molar-refractivity contribution in [2.24, 2.45) is 5.73 Å². The van der Waals surface area contributed by atoms with Crippen LogP contribution in [-0.4, -0.2) is 36.7 Å². The third-order valence-electron chi connectivity index (χ3n) is 4.03. The van der Waals surface area contributed by atoms with E-state index in [0.717, 1.165) is 31.8 Å². The Hall–Kier alpha value is -1.06. The third kappa shape index (κ3) is 3.48. The first-order chi connectivity index (χ1) is 9.28. The van der Waals surface area contributed by atoms with Crippen molar-refractivity contribution in [2.75, 3.05) is 19.6 Å². The lowest BCUT2D eigenvalue weighted by Gasteiger charge is -2.31. The molecule has 1 atom stereocenters. The summed E-state index contributed by atoms with van der Waals surface area (Å²) in [7, 11) is 0. The predicted octanol–water partition coefficient (Wildman–Crippen LogP) is 2.44. The van der Waals surface area contributed by atoms with E-state index in [0.29, 0.717) is 6.04 Å². The number of rotatable bonds is 7. The summed E-state index contributed by atoms with van der Waals surface area (Å²) in [6.07, 6.45) is 3.66. The number of ether oxygens (including phenoxy) is 1. The van der Waals surface area contributed by atoms with Crippen molar-refractivity contribution in [3.05, 3.63) is 29.8 Å². The summed E-state index contributed by atoms with van der Waals surface area (Å²) in [5, 5.41) is 0. The zero-order valence-electron chi connectivity index (χ0n) is 12.1. The molecule has 1 aliphatic rings. The molecule has 0 aromatic heterocycles. The van der Waals surface area contributed by atoms with Crippen LogP contribution in [0.15, 0.2) is 24.3 Å². The van der Waals surface area contributed by atoms with Crippen LogP contribution in [-0.2, 0) is 6.42 Å². The molecule has 1 heterocycles. The van der Waals surface area contributed by atoms with Gasteiger partial charge in [-0.2, -0.15) is 0 Å². The minimum atomic E-state index is 0.282. The lowest BCUT2D eigenvalue weighted by atomic mass is 10.1. The van der Waals surface area contributed by atoms with Crippen LogP contribution in [0.2, 0.25) is 0 Å². The molecule has 2 rings (SSSR count). The quantitative estimate of drug-likeness (QED) is 0.820. The lowest BCUT2D eigenvalue weighted by molar-refractivity contribution is 0.114. The number of benzene rings is 1. The molecule has 0 radical (unpaired) electrons. The van der Waals surface area contributed by atoms with E-state index in [4.69, 9.17) is 10.5 Å². The van der Waals surface area contributed by atoms with Gasteiger partial charge in [-0.05, 0) is 24.5 Å². The molecular weight excluding hydrogens is 236 g/mol. The highest BCUT2D eigenvalue weighted by Gasteiger charge is 2.26. The van der Waals surface area contributed by atoms with Gasteiger partial charge >= 0.3 is 0 Å². The van der Waals surface area contributed by atoms with Gasteiger partial charge in [-0.15, -0.1) is 0 Å². The molecule has 1 unspecified atom stereocenters. The van der Waals surface area contributed by atoms with Gasteiger partial charge in [0.1, 0.15) is 11.9 Å². The summed E-state index contributed by atoms with van der Waals surface area (Å²) in [6.45, 7) is 7.17. The molecule has 1 aliphatic heterocycles. The van der Waals surface area contributed by atoms with Crippen LogP contribution in [0.5, 0.6) is 5.75 Å². The molecule has 0 bridgehead atoms. The Bertz CT molecular complexity index is 365. The molecule has 0 spiro atoms.